The number of hydrogen-bond donors (Lipinski definition) is 0. The highest BCUT2D eigenvalue weighted by Gasteiger charge is 2.27. The molecule has 184 valence electrons. The van der Waals surface area contributed by atoms with Gasteiger partial charge in [0.25, 0.3) is 5.91 Å². The molecule has 0 atom stereocenters. The normalized spacial score (nSPS) is 14.0. The van der Waals surface area contributed by atoms with Crippen molar-refractivity contribution in [2.24, 2.45) is 0 Å². The van der Waals surface area contributed by atoms with E-state index in [2.05, 4.69) is 18.7 Å². The Kier molecular flexibility index (Phi) is 7.92. The fourth-order valence-corrected chi connectivity index (χ4v) is 4.78. The van der Waals surface area contributed by atoms with Gasteiger partial charge in [-0.05, 0) is 30.7 Å². The van der Waals surface area contributed by atoms with Gasteiger partial charge < -0.3 is 9.80 Å². The van der Waals surface area contributed by atoms with Gasteiger partial charge in [-0.15, -0.1) is 0 Å². The van der Waals surface area contributed by atoms with E-state index < -0.39 is 0 Å². The molecular formula is C27H29Cl2FN4O. The molecule has 2 heterocycles. The SMILES string of the molecule is CCc1nc(C(C)C)nc(N2CCN(C(=O)c3ccccc3Cl)CC2)c1Cc1c(F)cccc1Cl. The van der Waals surface area contributed by atoms with Gasteiger partial charge in [-0.2, -0.15) is 0 Å². The molecule has 1 aliphatic rings. The van der Waals surface area contributed by atoms with E-state index in [0.717, 1.165) is 22.9 Å². The third-order valence-corrected chi connectivity index (χ3v) is 7.01. The van der Waals surface area contributed by atoms with E-state index in [0.29, 0.717) is 60.2 Å². The second kappa shape index (κ2) is 10.9. The van der Waals surface area contributed by atoms with Gasteiger partial charge in [0.15, 0.2) is 0 Å². The summed E-state index contributed by atoms with van der Waals surface area (Å²) in [4.78, 5) is 26.8. The molecule has 1 aliphatic heterocycles. The largest absolute Gasteiger partial charge is 0.353 e. The highest BCUT2D eigenvalue weighted by atomic mass is 35.5. The molecule has 0 saturated carbocycles. The van der Waals surface area contributed by atoms with Crippen LogP contribution in [0.25, 0.3) is 0 Å². The first-order valence-electron chi connectivity index (χ1n) is 11.9. The van der Waals surface area contributed by atoms with Crippen LogP contribution in [0.3, 0.4) is 0 Å². The van der Waals surface area contributed by atoms with E-state index in [9.17, 15) is 9.18 Å². The summed E-state index contributed by atoms with van der Waals surface area (Å²) in [6.07, 6.45) is 1.00. The fourth-order valence-electron chi connectivity index (χ4n) is 4.33. The number of carbonyl (C=O) groups is 1. The minimum atomic E-state index is -0.339. The van der Waals surface area contributed by atoms with Crippen molar-refractivity contribution in [1.82, 2.24) is 14.9 Å². The van der Waals surface area contributed by atoms with Gasteiger partial charge in [0.2, 0.25) is 0 Å². The van der Waals surface area contributed by atoms with Crippen molar-refractivity contribution in [2.75, 3.05) is 31.1 Å². The van der Waals surface area contributed by atoms with Gasteiger partial charge in [0.05, 0.1) is 10.6 Å². The zero-order valence-electron chi connectivity index (χ0n) is 20.2. The maximum absolute atomic E-state index is 14.7. The zero-order chi connectivity index (χ0) is 25.1. The summed E-state index contributed by atoms with van der Waals surface area (Å²) in [5.74, 6) is 1.29. The Bertz CT molecular complexity index is 1210. The molecule has 35 heavy (non-hydrogen) atoms. The molecule has 0 unspecified atom stereocenters. The van der Waals surface area contributed by atoms with Crippen molar-refractivity contribution < 1.29 is 9.18 Å². The van der Waals surface area contributed by atoms with Crippen molar-refractivity contribution in [3.63, 3.8) is 0 Å². The molecule has 1 amide bonds. The second-order valence-corrected chi connectivity index (χ2v) is 9.79. The summed E-state index contributed by atoms with van der Waals surface area (Å²) in [7, 11) is 0. The number of carbonyl (C=O) groups excluding carboxylic acids is 1. The van der Waals surface area contributed by atoms with E-state index in [1.165, 1.54) is 6.07 Å². The number of piperazine rings is 1. The zero-order valence-corrected chi connectivity index (χ0v) is 21.7. The first kappa shape index (κ1) is 25.4. The van der Waals surface area contributed by atoms with E-state index in [-0.39, 0.29) is 17.6 Å². The molecule has 1 saturated heterocycles. The summed E-state index contributed by atoms with van der Waals surface area (Å²) >= 11 is 12.6. The average Bonchev–Trinajstić information content (AvgIpc) is 2.86. The van der Waals surface area contributed by atoms with Crippen LogP contribution in [0.2, 0.25) is 10.0 Å². The van der Waals surface area contributed by atoms with Crippen LogP contribution in [0.5, 0.6) is 0 Å². The third-order valence-electron chi connectivity index (χ3n) is 6.33. The van der Waals surface area contributed by atoms with Crippen LogP contribution >= 0.6 is 23.2 Å². The Morgan fingerprint density at radius 1 is 0.971 bits per heavy atom. The lowest BCUT2D eigenvalue weighted by Gasteiger charge is -2.37. The molecule has 2 aromatic carbocycles. The Balaban J connectivity index is 1.65. The van der Waals surface area contributed by atoms with Crippen molar-refractivity contribution in [3.05, 3.63) is 86.5 Å². The number of rotatable bonds is 6. The van der Waals surface area contributed by atoms with Gasteiger partial charge in [-0.1, -0.05) is 62.2 Å². The molecule has 1 aromatic heterocycles. The molecule has 0 radical (unpaired) electrons. The van der Waals surface area contributed by atoms with Gasteiger partial charge >= 0.3 is 0 Å². The molecule has 1 fully saturated rings. The van der Waals surface area contributed by atoms with Gasteiger partial charge in [-0.3, -0.25) is 4.79 Å². The highest BCUT2D eigenvalue weighted by molar-refractivity contribution is 6.33. The smallest absolute Gasteiger partial charge is 0.255 e. The summed E-state index contributed by atoms with van der Waals surface area (Å²) in [6, 6.07) is 11.8. The number of aryl methyl sites for hydroxylation is 1. The molecule has 0 aliphatic carbocycles. The standard InChI is InChI=1S/C27H29Cl2FN4O/c1-4-24-20(16-19-22(29)10-7-11-23(19)30)26(32-25(31-24)17(2)3)33-12-14-34(15-13-33)27(35)18-8-5-6-9-21(18)28/h5-11,17H,4,12-16H2,1-3H3. The Morgan fingerprint density at radius 3 is 2.29 bits per heavy atom. The van der Waals surface area contributed by atoms with E-state index >= 15 is 0 Å². The Morgan fingerprint density at radius 2 is 1.66 bits per heavy atom. The third kappa shape index (κ3) is 5.44. The maximum atomic E-state index is 14.7. The van der Waals surface area contributed by atoms with Gasteiger partial charge in [-0.25, -0.2) is 14.4 Å². The number of benzene rings is 2. The molecule has 4 rings (SSSR count). The highest BCUT2D eigenvalue weighted by Crippen LogP contribution is 2.31. The minimum Gasteiger partial charge on any atom is -0.353 e. The predicted octanol–water partition coefficient (Wildman–Crippen LogP) is 6.16. The molecule has 8 heteroatoms. The quantitative estimate of drug-likeness (QED) is 0.395. The fraction of sp³-hybridized carbons (Fsp3) is 0.370. The monoisotopic (exact) mass is 514 g/mol. The summed E-state index contributed by atoms with van der Waals surface area (Å²) in [6.45, 7) is 8.44. The van der Waals surface area contributed by atoms with Crippen LogP contribution in [-0.4, -0.2) is 47.0 Å². The predicted molar refractivity (Wildman–Crippen MR) is 139 cm³/mol. The van der Waals surface area contributed by atoms with Crippen LogP contribution in [0.15, 0.2) is 42.5 Å². The number of hydrogen-bond acceptors (Lipinski definition) is 4. The minimum absolute atomic E-state index is 0.0755. The second-order valence-electron chi connectivity index (χ2n) is 8.97. The van der Waals surface area contributed by atoms with Crippen LogP contribution < -0.4 is 4.90 Å². The van der Waals surface area contributed by atoms with Crippen LogP contribution in [0, 0.1) is 5.82 Å². The molecule has 0 spiro atoms. The number of aromatic nitrogens is 2. The number of amides is 1. The lowest BCUT2D eigenvalue weighted by atomic mass is 10.0. The first-order valence-corrected chi connectivity index (χ1v) is 12.7. The Hall–Kier alpha value is -2.70. The summed E-state index contributed by atoms with van der Waals surface area (Å²) in [5, 5.41) is 0.843. The number of anilines is 1. The van der Waals surface area contributed by atoms with E-state index in [1.54, 1.807) is 24.3 Å². The lowest BCUT2D eigenvalue weighted by Crippen LogP contribution is -2.49. The van der Waals surface area contributed by atoms with Gasteiger partial charge in [0.1, 0.15) is 17.5 Å². The van der Waals surface area contributed by atoms with Crippen molar-refractivity contribution >= 4 is 34.9 Å². The van der Waals surface area contributed by atoms with E-state index in [1.807, 2.05) is 24.0 Å². The lowest BCUT2D eigenvalue weighted by molar-refractivity contribution is 0.0746. The topological polar surface area (TPSA) is 49.3 Å². The van der Waals surface area contributed by atoms with Gasteiger partial charge in [0, 0.05) is 60.4 Å². The molecule has 0 bridgehead atoms. The van der Waals surface area contributed by atoms with Crippen LogP contribution in [0.1, 0.15) is 59.7 Å². The average molecular weight is 515 g/mol. The molecular weight excluding hydrogens is 486 g/mol. The molecule has 3 aromatic rings. The number of halogens is 3. The summed E-state index contributed by atoms with van der Waals surface area (Å²) < 4.78 is 14.7. The first-order chi connectivity index (χ1) is 16.8. The Labute approximate surface area is 215 Å². The van der Waals surface area contributed by atoms with Crippen LogP contribution in [0.4, 0.5) is 10.2 Å². The van der Waals surface area contributed by atoms with Crippen molar-refractivity contribution in [3.8, 4) is 0 Å². The van der Waals surface area contributed by atoms with Crippen LogP contribution in [-0.2, 0) is 12.8 Å². The van der Waals surface area contributed by atoms with Crippen molar-refractivity contribution in [1.29, 1.82) is 0 Å². The molecule has 0 N–H and O–H groups in total. The maximum Gasteiger partial charge on any atom is 0.255 e. The molecule has 5 nitrogen and oxygen atoms in total. The van der Waals surface area contributed by atoms with E-state index in [4.69, 9.17) is 33.2 Å². The number of nitrogens with zero attached hydrogens (tertiary/aromatic N) is 4. The summed E-state index contributed by atoms with van der Waals surface area (Å²) in [5.41, 5.74) is 2.73. The van der Waals surface area contributed by atoms with Crippen molar-refractivity contribution in [2.45, 2.75) is 39.5 Å².